The lowest BCUT2D eigenvalue weighted by Gasteiger charge is -2.10. The Morgan fingerprint density at radius 2 is 2.25 bits per heavy atom. The monoisotopic (exact) mass is 294 g/mol. The summed E-state index contributed by atoms with van der Waals surface area (Å²) < 4.78 is 5.50. The summed E-state index contributed by atoms with van der Waals surface area (Å²) >= 11 is 1.80. The van der Waals surface area contributed by atoms with E-state index in [0.717, 1.165) is 37.3 Å². The van der Waals surface area contributed by atoms with Crippen molar-refractivity contribution in [3.63, 3.8) is 0 Å². The highest BCUT2D eigenvalue weighted by Gasteiger charge is 2.17. The van der Waals surface area contributed by atoms with Crippen LogP contribution in [0.3, 0.4) is 0 Å². The van der Waals surface area contributed by atoms with Gasteiger partial charge in [0.05, 0.1) is 16.8 Å². The fourth-order valence-corrected chi connectivity index (χ4v) is 4.01. The van der Waals surface area contributed by atoms with Gasteiger partial charge in [-0.3, -0.25) is 4.79 Å². The molecule has 1 aliphatic heterocycles. The Labute approximate surface area is 123 Å². The van der Waals surface area contributed by atoms with E-state index in [1.165, 1.54) is 29.8 Å². The maximum absolute atomic E-state index is 11.8. The maximum Gasteiger partial charge on any atom is 0.220 e. The first-order valence-corrected chi connectivity index (χ1v) is 8.48. The first-order chi connectivity index (χ1) is 9.81. The summed E-state index contributed by atoms with van der Waals surface area (Å²) in [6, 6.07) is 0. The number of nitrogens with zero attached hydrogens (tertiary/aromatic N) is 1. The molecule has 1 aliphatic carbocycles. The van der Waals surface area contributed by atoms with Gasteiger partial charge in [-0.25, -0.2) is 4.98 Å². The van der Waals surface area contributed by atoms with E-state index in [1.54, 1.807) is 11.3 Å². The van der Waals surface area contributed by atoms with Gasteiger partial charge in [0.1, 0.15) is 0 Å². The highest BCUT2D eigenvalue weighted by atomic mass is 32.1. The van der Waals surface area contributed by atoms with E-state index < -0.39 is 0 Å². The van der Waals surface area contributed by atoms with E-state index in [9.17, 15) is 4.79 Å². The summed E-state index contributed by atoms with van der Waals surface area (Å²) in [5.41, 5.74) is 1.29. The molecule has 0 spiro atoms. The van der Waals surface area contributed by atoms with Crippen LogP contribution in [0.1, 0.15) is 47.7 Å². The van der Waals surface area contributed by atoms with Gasteiger partial charge in [0.2, 0.25) is 5.91 Å². The number of nitrogens with one attached hydrogen (secondary N) is 1. The molecular weight excluding hydrogens is 272 g/mol. The van der Waals surface area contributed by atoms with Gasteiger partial charge in [0.15, 0.2) is 0 Å². The summed E-state index contributed by atoms with van der Waals surface area (Å²) in [5, 5.41) is 4.10. The summed E-state index contributed by atoms with van der Waals surface area (Å²) in [6.45, 7) is 1.50. The number of hydrogen-bond acceptors (Lipinski definition) is 4. The first kappa shape index (κ1) is 14.0. The summed E-state index contributed by atoms with van der Waals surface area (Å²) in [7, 11) is 0. The molecule has 1 amide bonds. The van der Waals surface area contributed by atoms with Crippen LogP contribution in [0.25, 0.3) is 0 Å². The van der Waals surface area contributed by atoms with E-state index in [0.29, 0.717) is 13.0 Å². The highest BCUT2D eigenvalue weighted by molar-refractivity contribution is 7.11. The molecule has 1 aromatic heterocycles. The van der Waals surface area contributed by atoms with Crippen LogP contribution < -0.4 is 5.32 Å². The number of hydrogen-bond donors (Lipinski definition) is 1. The Balaban J connectivity index is 1.41. The second kappa shape index (κ2) is 6.68. The van der Waals surface area contributed by atoms with Crippen LogP contribution in [0.5, 0.6) is 0 Å². The van der Waals surface area contributed by atoms with E-state index in [1.807, 2.05) is 0 Å². The zero-order chi connectivity index (χ0) is 13.8. The largest absolute Gasteiger partial charge is 0.376 e. The minimum absolute atomic E-state index is 0.119. The summed E-state index contributed by atoms with van der Waals surface area (Å²) in [4.78, 5) is 18.0. The predicted molar refractivity (Wildman–Crippen MR) is 79.1 cm³/mol. The van der Waals surface area contributed by atoms with E-state index in [2.05, 4.69) is 10.3 Å². The SMILES string of the molecule is O=C(CCc1nc2c(s1)CCCC2)NCC1CCCO1. The molecule has 4 nitrogen and oxygen atoms in total. The lowest BCUT2D eigenvalue weighted by molar-refractivity contribution is -0.121. The summed E-state index contributed by atoms with van der Waals surface area (Å²) in [5.74, 6) is 0.119. The van der Waals surface area contributed by atoms with Gasteiger partial charge >= 0.3 is 0 Å². The maximum atomic E-state index is 11.8. The molecule has 2 aliphatic rings. The molecular formula is C15H22N2O2S. The van der Waals surface area contributed by atoms with Crippen LogP contribution in [-0.2, 0) is 28.8 Å². The van der Waals surface area contributed by atoms with Crippen LogP contribution in [0, 0.1) is 0 Å². The molecule has 1 N–H and O–H groups in total. The number of carbonyl (C=O) groups excluding carboxylic acids is 1. The van der Waals surface area contributed by atoms with E-state index >= 15 is 0 Å². The molecule has 1 fully saturated rings. The third-order valence-corrected chi connectivity index (χ3v) is 5.22. The molecule has 1 atom stereocenters. The molecule has 0 radical (unpaired) electrons. The smallest absolute Gasteiger partial charge is 0.220 e. The Bertz CT molecular complexity index is 443. The minimum Gasteiger partial charge on any atom is -0.376 e. The molecule has 110 valence electrons. The number of rotatable bonds is 5. The van der Waals surface area contributed by atoms with Gasteiger partial charge < -0.3 is 10.1 Å². The lowest BCUT2D eigenvalue weighted by atomic mass is 10.0. The molecule has 2 heterocycles. The molecule has 3 rings (SSSR count). The predicted octanol–water partition coefficient (Wildman–Crippen LogP) is 2.25. The van der Waals surface area contributed by atoms with E-state index in [-0.39, 0.29) is 12.0 Å². The number of amides is 1. The van der Waals surface area contributed by atoms with Crippen molar-refractivity contribution in [3.8, 4) is 0 Å². The van der Waals surface area contributed by atoms with Crippen molar-refractivity contribution in [2.24, 2.45) is 0 Å². The summed E-state index contributed by atoms with van der Waals surface area (Å²) in [6.07, 6.45) is 8.58. The normalized spacial score (nSPS) is 21.7. The van der Waals surface area contributed by atoms with Crippen molar-refractivity contribution in [1.82, 2.24) is 10.3 Å². The third kappa shape index (κ3) is 3.58. The third-order valence-electron chi connectivity index (χ3n) is 4.01. The van der Waals surface area contributed by atoms with Crippen LogP contribution in [0.2, 0.25) is 0 Å². The Kier molecular flexibility index (Phi) is 4.68. The number of fused-ring (bicyclic) bond motifs is 1. The second-order valence-corrected chi connectivity index (χ2v) is 6.79. The minimum atomic E-state index is 0.119. The quantitative estimate of drug-likeness (QED) is 0.906. The molecule has 0 bridgehead atoms. The van der Waals surface area contributed by atoms with Crippen molar-refractivity contribution in [2.45, 2.75) is 57.5 Å². The van der Waals surface area contributed by atoms with Crippen LogP contribution in [0.15, 0.2) is 0 Å². The molecule has 1 aromatic rings. The molecule has 1 saturated heterocycles. The van der Waals surface area contributed by atoms with Gasteiger partial charge in [0.25, 0.3) is 0 Å². The average molecular weight is 294 g/mol. The van der Waals surface area contributed by atoms with Gasteiger partial charge in [-0.05, 0) is 38.5 Å². The van der Waals surface area contributed by atoms with Crippen LogP contribution in [-0.4, -0.2) is 30.1 Å². The molecule has 5 heteroatoms. The van der Waals surface area contributed by atoms with Crippen LogP contribution in [0.4, 0.5) is 0 Å². The first-order valence-electron chi connectivity index (χ1n) is 7.67. The lowest BCUT2D eigenvalue weighted by Crippen LogP contribution is -2.31. The standard InChI is InChI=1S/C15H22N2O2S/c18-14(16-10-11-4-3-9-19-11)7-8-15-17-12-5-1-2-6-13(12)20-15/h11H,1-10H2,(H,16,18). The van der Waals surface area contributed by atoms with Crippen molar-refractivity contribution >= 4 is 17.2 Å². The van der Waals surface area contributed by atoms with Gasteiger partial charge in [-0.15, -0.1) is 11.3 Å². The number of ether oxygens (including phenoxy) is 1. The van der Waals surface area contributed by atoms with Gasteiger partial charge in [0, 0.05) is 30.9 Å². The highest BCUT2D eigenvalue weighted by Crippen LogP contribution is 2.27. The topological polar surface area (TPSA) is 51.2 Å². The van der Waals surface area contributed by atoms with Crippen molar-refractivity contribution in [2.75, 3.05) is 13.2 Å². The molecule has 0 saturated carbocycles. The van der Waals surface area contributed by atoms with Gasteiger partial charge in [-0.1, -0.05) is 0 Å². The van der Waals surface area contributed by atoms with Crippen LogP contribution >= 0.6 is 11.3 Å². The molecule has 1 unspecified atom stereocenters. The second-order valence-electron chi connectivity index (χ2n) is 5.62. The van der Waals surface area contributed by atoms with E-state index in [4.69, 9.17) is 4.74 Å². The van der Waals surface area contributed by atoms with Crippen molar-refractivity contribution in [3.05, 3.63) is 15.6 Å². The molecule has 0 aromatic carbocycles. The fraction of sp³-hybridized carbons (Fsp3) is 0.733. The number of thiazole rings is 1. The van der Waals surface area contributed by atoms with Crippen molar-refractivity contribution in [1.29, 1.82) is 0 Å². The zero-order valence-corrected chi connectivity index (χ0v) is 12.6. The average Bonchev–Trinajstić information content (AvgIpc) is 3.11. The van der Waals surface area contributed by atoms with Gasteiger partial charge in [-0.2, -0.15) is 0 Å². The number of aryl methyl sites for hydroxylation is 3. The fourth-order valence-electron chi connectivity index (χ4n) is 2.85. The zero-order valence-electron chi connectivity index (χ0n) is 11.8. The Morgan fingerprint density at radius 3 is 3.05 bits per heavy atom. The van der Waals surface area contributed by atoms with Crippen molar-refractivity contribution < 1.29 is 9.53 Å². The molecule has 20 heavy (non-hydrogen) atoms. The Hall–Kier alpha value is -0.940. The number of aromatic nitrogens is 1. The Morgan fingerprint density at radius 1 is 1.35 bits per heavy atom. The number of carbonyl (C=O) groups is 1.